The van der Waals surface area contributed by atoms with Gasteiger partial charge in [0.2, 0.25) is 0 Å². The van der Waals surface area contributed by atoms with E-state index in [2.05, 4.69) is 10.2 Å². The van der Waals surface area contributed by atoms with Crippen molar-refractivity contribution in [2.75, 3.05) is 13.2 Å². The van der Waals surface area contributed by atoms with Crippen LogP contribution in [0, 0.1) is 0 Å². The zero-order valence-corrected chi connectivity index (χ0v) is 10.9. The summed E-state index contributed by atoms with van der Waals surface area (Å²) in [6, 6.07) is 11.0. The Morgan fingerprint density at radius 2 is 1.67 bits per heavy atom. The molecule has 0 saturated heterocycles. The van der Waals surface area contributed by atoms with Crippen LogP contribution in [0.3, 0.4) is 0 Å². The van der Waals surface area contributed by atoms with E-state index in [-0.39, 0.29) is 10.3 Å². The Kier molecular flexibility index (Phi) is 4.61. The van der Waals surface area contributed by atoms with Gasteiger partial charge in [-0.15, -0.1) is 10.2 Å². The van der Waals surface area contributed by atoms with Crippen molar-refractivity contribution in [3.8, 4) is 11.5 Å². The molecule has 0 N–H and O–H groups in total. The predicted molar refractivity (Wildman–Crippen MR) is 69.5 cm³/mol. The molecule has 2 aromatic rings. The van der Waals surface area contributed by atoms with Gasteiger partial charge in [-0.2, -0.15) is 0 Å². The topological polar surface area (TPSA) is 44.2 Å². The third kappa shape index (κ3) is 3.75. The Labute approximate surface area is 114 Å². The lowest BCUT2D eigenvalue weighted by molar-refractivity contribution is 0.216. The van der Waals surface area contributed by atoms with Gasteiger partial charge >= 0.3 is 0 Å². The van der Waals surface area contributed by atoms with Crippen molar-refractivity contribution in [3.05, 3.63) is 46.7 Å². The van der Waals surface area contributed by atoms with Gasteiger partial charge in [0.1, 0.15) is 19.0 Å². The Morgan fingerprint density at radius 3 is 2.44 bits per heavy atom. The zero-order chi connectivity index (χ0) is 12.8. The molecule has 0 atom stereocenters. The summed E-state index contributed by atoms with van der Waals surface area (Å²) in [5.74, 6) is 1.19. The van der Waals surface area contributed by atoms with E-state index in [0.717, 1.165) is 5.75 Å². The average Bonchev–Trinajstić information content (AvgIpc) is 2.40. The summed E-state index contributed by atoms with van der Waals surface area (Å²) in [6.07, 6.45) is 0. The lowest BCUT2D eigenvalue weighted by atomic mass is 10.3. The van der Waals surface area contributed by atoms with Crippen LogP contribution in [0.4, 0.5) is 0 Å². The lowest BCUT2D eigenvalue weighted by Gasteiger charge is -2.08. The summed E-state index contributed by atoms with van der Waals surface area (Å²) in [7, 11) is 0. The number of nitrogens with zero attached hydrogens (tertiary/aromatic N) is 2. The van der Waals surface area contributed by atoms with E-state index in [1.165, 1.54) is 6.07 Å². The second kappa shape index (κ2) is 6.42. The predicted octanol–water partition coefficient (Wildman–Crippen LogP) is 3.24. The van der Waals surface area contributed by atoms with Crippen molar-refractivity contribution in [2.45, 2.75) is 0 Å². The molecular weight excluding hydrogens is 275 g/mol. The van der Waals surface area contributed by atoms with Crippen LogP contribution in [-0.2, 0) is 0 Å². The van der Waals surface area contributed by atoms with Crippen LogP contribution in [-0.4, -0.2) is 23.4 Å². The van der Waals surface area contributed by atoms with Crippen LogP contribution in [0.2, 0.25) is 10.3 Å². The normalized spacial score (nSPS) is 10.1. The molecule has 0 radical (unpaired) electrons. The minimum Gasteiger partial charge on any atom is -0.490 e. The van der Waals surface area contributed by atoms with Crippen molar-refractivity contribution in [1.82, 2.24) is 10.2 Å². The van der Waals surface area contributed by atoms with E-state index < -0.39 is 0 Å². The van der Waals surface area contributed by atoms with Gasteiger partial charge < -0.3 is 9.47 Å². The van der Waals surface area contributed by atoms with Gasteiger partial charge in [0, 0.05) is 6.07 Å². The Hall–Kier alpha value is -1.52. The molecule has 0 spiro atoms. The molecule has 0 amide bonds. The fourth-order valence-electron chi connectivity index (χ4n) is 1.27. The van der Waals surface area contributed by atoms with E-state index in [0.29, 0.717) is 19.0 Å². The van der Waals surface area contributed by atoms with Crippen molar-refractivity contribution >= 4 is 23.2 Å². The molecule has 2 rings (SSSR count). The Morgan fingerprint density at radius 1 is 0.944 bits per heavy atom. The molecule has 0 unspecified atom stereocenters. The number of rotatable bonds is 5. The lowest BCUT2D eigenvalue weighted by Crippen LogP contribution is -2.09. The number of ether oxygens (including phenoxy) is 2. The molecule has 1 aromatic heterocycles. The average molecular weight is 285 g/mol. The number of halogens is 2. The smallest absolute Gasteiger partial charge is 0.193 e. The molecule has 0 aliphatic rings. The first-order valence-corrected chi connectivity index (χ1v) is 6.00. The van der Waals surface area contributed by atoms with Crippen molar-refractivity contribution < 1.29 is 9.47 Å². The summed E-state index contributed by atoms with van der Waals surface area (Å²) in [5, 5.41) is 7.63. The van der Waals surface area contributed by atoms with Gasteiger partial charge in [-0.05, 0) is 12.1 Å². The van der Waals surface area contributed by atoms with Gasteiger partial charge in [0.25, 0.3) is 0 Å². The second-order valence-electron chi connectivity index (χ2n) is 3.33. The van der Waals surface area contributed by atoms with Gasteiger partial charge in [0.05, 0.1) is 0 Å². The molecule has 0 saturated carbocycles. The molecule has 0 fully saturated rings. The molecule has 1 heterocycles. The van der Waals surface area contributed by atoms with Crippen LogP contribution in [0.1, 0.15) is 0 Å². The molecule has 0 aliphatic heterocycles. The minimum atomic E-state index is 0.180. The first-order chi connectivity index (χ1) is 8.75. The van der Waals surface area contributed by atoms with Gasteiger partial charge in [-0.3, -0.25) is 0 Å². The van der Waals surface area contributed by atoms with Crippen LogP contribution in [0.15, 0.2) is 36.4 Å². The maximum absolute atomic E-state index is 5.79. The van der Waals surface area contributed by atoms with E-state index in [9.17, 15) is 0 Å². The number of para-hydroxylation sites is 1. The standard InChI is InChI=1S/C12H10Cl2N2O2/c13-11-8-10(12(14)16-15-11)18-7-6-17-9-4-2-1-3-5-9/h1-5,8H,6-7H2. The van der Waals surface area contributed by atoms with Crippen LogP contribution < -0.4 is 9.47 Å². The molecule has 94 valence electrons. The number of aromatic nitrogens is 2. The summed E-state index contributed by atoms with van der Waals surface area (Å²) < 4.78 is 10.9. The van der Waals surface area contributed by atoms with E-state index in [1.807, 2.05) is 30.3 Å². The van der Waals surface area contributed by atoms with E-state index in [1.54, 1.807) is 0 Å². The van der Waals surface area contributed by atoms with Crippen LogP contribution in [0.5, 0.6) is 11.5 Å². The maximum Gasteiger partial charge on any atom is 0.193 e. The molecule has 18 heavy (non-hydrogen) atoms. The first kappa shape index (κ1) is 12.9. The second-order valence-corrected chi connectivity index (χ2v) is 4.08. The molecule has 0 bridgehead atoms. The largest absolute Gasteiger partial charge is 0.490 e. The fraction of sp³-hybridized carbons (Fsp3) is 0.167. The van der Waals surface area contributed by atoms with Gasteiger partial charge in [-0.1, -0.05) is 41.4 Å². The first-order valence-electron chi connectivity index (χ1n) is 5.25. The van der Waals surface area contributed by atoms with Crippen molar-refractivity contribution in [2.24, 2.45) is 0 Å². The molecular formula is C12H10Cl2N2O2. The van der Waals surface area contributed by atoms with Crippen molar-refractivity contribution in [1.29, 1.82) is 0 Å². The third-order valence-corrected chi connectivity index (χ3v) is 2.49. The van der Waals surface area contributed by atoms with Gasteiger partial charge in [0.15, 0.2) is 16.1 Å². The minimum absolute atomic E-state index is 0.180. The number of benzene rings is 1. The summed E-state index contributed by atoms with van der Waals surface area (Å²) in [6.45, 7) is 0.747. The highest BCUT2D eigenvalue weighted by molar-refractivity contribution is 6.32. The number of hydrogen-bond acceptors (Lipinski definition) is 4. The fourth-order valence-corrected chi connectivity index (χ4v) is 1.55. The zero-order valence-electron chi connectivity index (χ0n) is 9.35. The monoisotopic (exact) mass is 284 g/mol. The number of hydrogen-bond donors (Lipinski definition) is 0. The summed E-state index contributed by atoms with van der Waals surface area (Å²) >= 11 is 11.5. The van der Waals surface area contributed by atoms with E-state index in [4.69, 9.17) is 32.7 Å². The Balaban J connectivity index is 1.80. The van der Waals surface area contributed by atoms with Gasteiger partial charge in [-0.25, -0.2) is 0 Å². The SMILES string of the molecule is Clc1cc(OCCOc2ccccc2)c(Cl)nn1. The highest BCUT2D eigenvalue weighted by atomic mass is 35.5. The highest BCUT2D eigenvalue weighted by Gasteiger charge is 2.05. The van der Waals surface area contributed by atoms with Crippen molar-refractivity contribution in [3.63, 3.8) is 0 Å². The quantitative estimate of drug-likeness (QED) is 0.791. The highest BCUT2D eigenvalue weighted by Crippen LogP contribution is 2.23. The maximum atomic E-state index is 5.79. The molecule has 4 nitrogen and oxygen atoms in total. The molecule has 0 aliphatic carbocycles. The summed E-state index contributed by atoms with van der Waals surface area (Å²) in [4.78, 5) is 0. The van der Waals surface area contributed by atoms with Crippen LogP contribution >= 0.6 is 23.2 Å². The Bertz CT molecular complexity index is 509. The third-order valence-electron chi connectivity index (χ3n) is 2.04. The summed E-state index contributed by atoms with van der Waals surface area (Å²) in [5.41, 5.74) is 0. The van der Waals surface area contributed by atoms with E-state index >= 15 is 0 Å². The van der Waals surface area contributed by atoms with Crippen LogP contribution in [0.25, 0.3) is 0 Å². The molecule has 1 aromatic carbocycles. The molecule has 6 heteroatoms.